The fourth-order valence-electron chi connectivity index (χ4n) is 3.75. The Hall–Kier alpha value is -0.500. The van der Waals surface area contributed by atoms with Crippen molar-refractivity contribution >= 4 is 0 Å². The Morgan fingerprint density at radius 1 is 0.700 bits per heavy atom. The predicted octanol–water partition coefficient (Wildman–Crippen LogP) is 3.84. The highest BCUT2D eigenvalue weighted by atomic mass is 16.7. The number of hydrogen-bond acceptors (Lipinski definition) is 6. The second-order valence-corrected chi connectivity index (χ2v) is 8.51. The van der Waals surface area contributed by atoms with E-state index in [-0.39, 0.29) is 0 Å². The molecule has 0 aromatic heterocycles. The summed E-state index contributed by atoms with van der Waals surface area (Å²) in [6.45, 7) is 2.24. The third kappa shape index (κ3) is 11.8. The average Bonchev–Trinajstić information content (AvgIpc) is 2.75. The lowest BCUT2D eigenvalue weighted by Gasteiger charge is -2.39. The zero-order chi connectivity index (χ0) is 22.0. The summed E-state index contributed by atoms with van der Waals surface area (Å²) in [4.78, 5) is 0. The Labute approximate surface area is 183 Å². The molecule has 0 amide bonds. The molecule has 5 unspecified atom stereocenters. The minimum Gasteiger partial charge on any atom is -0.394 e. The Bertz CT molecular complexity index is 415. The molecule has 1 fully saturated rings. The molecule has 0 bridgehead atoms. The lowest BCUT2D eigenvalue weighted by atomic mass is 9.99. The summed E-state index contributed by atoms with van der Waals surface area (Å²) >= 11 is 0. The fourth-order valence-corrected chi connectivity index (χ4v) is 3.75. The predicted molar refractivity (Wildman–Crippen MR) is 119 cm³/mol. The van der Waals surface area contributed by atoms with E-state index in [0.717, 1.165) is 19.3 Å². The molecule has 178 valence electrons. The summed E-state index contributed by atoms with van der Waals surface area (Å²) < 4.78 is 10.8. The van der Waals surface area contributed by atoms with Crippen LogP contribution in [0, 0.1) is 0 Å². The second kappa shape index (κ2) is 18.1. The summed E-state index contributed by atoms with van der Waals surface area (Å²) in [5.74, 6) is 0. The van der Waals surface area contributed by atoms with Gasteiger partial charge in [-0.3, -0.25) is 0 Å². The Morgan fingerprint density at radius 3 is 1.80 bits per heavy atom. The van der Waals surface area contributed by atoms with Crippen LogP contribution >= 0.6 is 0 Å². The van der Waals surface area contributed by atoms with E-state index in [1.54, 1.807) is 0 Å². The van der Waals surface area contributed by atoms with Crippen LogP contribution in [-0.2, 0) is 9.47 Å². The van der Waals surface area contributed by atoms with Gasteiger partial charge in [0.1, 0.15) is 24.4 Å². The minimum absolute atomic E-state index is 0.421. The summed E-state index contributed by atoms with van der Waals surface area (Å²) in [5, 5.41) is 38.6. The van der Waals surface area contributed by atoms with Crippen LogP contribution in [0.25, 0.3) is 0 Å². The zero-order valence-corrected chi connectivity index (χ0v) is 19.0. The molecule has 4 N–H and O–H groups in total. The molecule has 6 heteroatoms. The van der Waals surface area contributed by atoms with Gasteiger partial charge in [-0.1, -0.05) is 76.9 Å². The van der Waals surface area contributed by atoms with Crippen LogP contribution in [0.4, 0.5) is 0 Å². The van der Waals surface area contributed by atoms with E-state index in [9.17, 15) is 15.3 Å². The number of hydrogen-bond donors (Lipinski definition) is 4. The van der Waals surface area contributed by atoms with Crippen molar-refractivity contribution in [2.45, 2.75) is 128 Å². The first-order valence-corrected chi connectivity index (χ1v) is 12.2. The topological polar surface area (TPSA) is 99.4 Å². The molecule has 1 saturated heterocycles. The van der Waals surface area contributed by atoms with E-state index >= 15 is 0 Å². The molecule has 0 radical (unpaired) electrons. The first-order chi connectivity index (χ1) is 14.6. The van der Waals surface area contributed by atoms with E-state index in [4.69, 9.17) is 14.6 Å². The van der Waals surface area contributed by atoms with E-state index in [2.05, 4.69) is 19.1 Å². The quantitative estimate of drug-likeness (QED) is 0.195. The highest BCUT2D eigenvalue weighted by Gasteiger charge is 2.43. The van der Waals surface area contributed by atoms with Gasteiger partial charge in [-0.15, -0.1) is 0 Å². The number of aliphatic hydroxyl groups excluding tert-OH is 4. The monoisotopic (exact) mass is 430 g/mol. The fraction of sp³-hybridized carbons (Fsp3) is 0.917. The third-order valence-corrected chi connectivity index (χ3v) is 5.79. The van der Waals surface area contributed by atoms with Gasteiger partial charge in [-0.25, -0.2) is 0 Å². The van der Waals surface area contributed by atoms with Crippen molar-refractivity contribution in [2.75, 3.05) is 13.2 Å². The standard InChI is InChI=1S/C24H46O6/c1-2-3-4-5-6-7-8-9-10-11-12-13-14-15-16-17-18-29-24-23(28)22(27)21(26)20(19-25)30-24/h9-10,20-28H,2-8,11-19H2,1H3/b10-9-. The highest BCUT2D eigenvalue weighted by molar-refractivity contribution is 4.88. The largest absolute Gasteiger partial charge is 0.394 e. The number of rotatable bonds is 18. The molecule has 1 aliphatic heterocycles. The summed E-state index contributed by atoms with van der Waals surface area (Å²) in [6.07, 6.45) is 16.0. The molecule has 0 saturated carbocycles. The molecule has 1 heterocycles. The van der Waals surface area contributed by atoms with Crippen LogP contribution < -0.4 is 0 Å². The normalized spacial score (nSPS) is 27.2. The maximum Gasteiger partial charge on any atom is 0.186 e. The van der Waals surface area contributed by atoms with E-state index in [0.29, 0.717) is 6.61 Å². The van der Waals surface area contributed by atoms with Crippen molar-refractivity contribution in [3.05, 3.63) is 12.2 Å². The first kappa shape index (κ1) is 27.5. The molecule has 30 heavy (non-hydrogen) atoms. The van der Waals surface area contributed by atoms with Crippen LogP contribution in [-0.4, -0.2) is 64.3 Å². The molecule has 5 atom stereocenters. The van der Waals surface area contributed by atoms with Crippen LogP contribution in [0.5, 0.6) is 0 Å². The van der Waals surface area contributed by atoms with Crippen molar-refractivity contribution < 1.29 is 29.9 Å². The molecule has 1 rings (SSSR count). The lowest BCUT2D eigenvalue weighted by Crippen LogP contribution is -2.59. The number of allylic oxidation sites excluding steroid dienone is 2. The van der Waals surface area contributed by atoms with Crippen molar-refractivity contribution in [1.29, 1.82) is 0 Å². The van der Waals surface area contributed by atoms with Crippen LogP contribution in [0.2, 0.25) is 0 Å². The molecule has 0 aromatic rings. The molecular weight excluding hydrogens is 384 g/mol. The lowest BCUT2D eigenvalue weighted by molar-refractivity contribution is -0.301. The molecule has 0 aromatic carbocycles. The number of ether oxygens (including phenoxy) is 2. The Morgan fingerprint density at radius 2 is 1.23 bits per heavy atom. The van der Waals surface area contributed by atoms with Crippen molar-refractivity contribution in [1.82, 2.24) is 0 Å². The Balaban J connectivity index is 1.90. The first-order valence-electron chi connectivity index (χ1n) is 12.2. The van der Waals surface area contributed by atoms with Gasteiger partial charge in [0, 0.05) is 6.61 Å². The van der Waals surface area contributed by atoms with Gasteiger partial charge in [-0.2, -0.15) is 0 Å². The smallest absolute Gasteiger partial charge is 0.186 e. The van der Waals surface area contributed by atoms with Gasteiger partial charge in [0.2, 0.25) is 0 Å². The summed E-state index contributed by atoms with van der Waals surface area (Å²) in [7, 11) is 0. The van der Waals surface area contributed by atoms with Crippen LogP contribution in [0.1, 0.15) is 96.8 Å². The average molecular weight is 431 g/mol. The Kier molecular flexibility index (Phi) is 16.6. The zero-order valence-electron chi connectivity index (χ0n) is 19.0. The highest BCUT2D eigenvalue weighted by Crippen LogP contribution is 2.22. The molecule has 0 aliphatic carbocycles. The van der Waals surface area contributed by atoms with Gasteiger partial charge in [0.25, 0.3) is 0 Å². The third-order valence-electron chi connectivity index (χ3n) is 5.79. The van der Waals surface area contributed by atoms with E-state index < -0.39 is 37.3 Å². The van der Waals surface area contributed by atoms with Gasteiger partial charge in [-0.05, 0) is 32.1 Å². The second-order valence-electron chi connectivity index (χ2n) is 8.51. The maximum atomic E-state index is 9.91. The summed E-state index contributed by atoms with van der Waals surface area (Å²) in [6, 6.07) is 0. The van der Waals surface area contributed by atoms with Crippen LogP contribution in [0.3, 0.4) is 0 Å². The van der Waals surface area contributed by atoms with Gasteiger partial charge >= 0.3 is 0 Å². The van der Waals surface area contributed by atoms with Crippen molar-refractivity contribution in [2.24, 2.45) is 0 Å². The van der Waals surface area contributed by atoms with E-state index in [1.807, 2.05) is 0 Å². The SMILES string of the molecule is CCCCCCCC/C=C\CCCCCCCCOC1OC(CO)C(O)C(O)C1O. The molecule has 6 nitrogen and oxygen atoms in total. The van der Waals surface area contributed by atoms with Crippen molar-refractivity contribution in [3.8, 4) is 0 Å². The molecular formula is C24H46O6. The number of aliphatic hydroxyl groups is 4. The van der Waals surface area contributed by atoms with Gasteiger partial charge in [0.15, 0.2) is 6.29 Å². The molecule has 1 aliphatic rings. The summed E-state index contributed by atoms with van der Waals surface area (Å²) in [5.41, 5.74) is 0. The van der Waals surface area contributed by atoms with Crippen LogP contribution in [0.15, 0.2) is 12.2 Å². The number of unbranched alkanes of at least 4 members (excludes halogenated alkanes) is 12. The van der Waals surface area contributed by atoms with Gasteiger partial charge in [0.05, 0.1) is 6.61 Å². The molecule has 0 spiro atoms. The van der Waals surface area contributed by atoms with E-state index in [1.165, 1.54) is 70.6 Å². The van der Waals surface area contributed by atoms with Crippen molar-refractivity contribution in [3.63, 3.8) is 0 Å². The van der Waals surface area contributed by atoms with Gasteiger partial charge < -0.3 is 29.9 Å². The minimum atomic E-state index is -1.37. The maximum absolute atomic E-state index is 9.91.